The van der Waals surface area contributed by atoms with Crippen LogP contribution in [0.2, 0.25) is 0 Å². The second kappa shape index (κ2) is 5.09. The van der Waals surface area contributed by atoms with E-state index < -0.39 is 16.4 Å². The molecule has 0 atom stereocenters. The Kier molecular flexibility index (Phi) is 3.63. The number of benzene rings is 1. The highest BCUT2D eigenvalue weighted by Gasteiger charge is 2.36. The Balaban J connectivity index is 2.42. The number of nitrogens with zero attached hydrogens (tertiary/aromatic N) is 2. The van der Waals surface area contributed by atoms with Crippen LogP contribution in [0.5, 0.6) is 0 Å². The summed E-state index contributed by atoms with van der Waals surface area (Å²) in [4.78, 5) is 24.7. The number of nitro benzene ring substituents is 1. The Morgan fingerprint density at radius 1 is 1.50 bits per heavy atom. The zero-order valence-corrected chi connectivity index (χ0v) is 11.5. The van der Waals surface area contributed by atoms with E-state index in [1.54, 1.807) is 4.90 Å². The molecule has 0 unspecified atom stereocenters. The predicted molar refractivity (Wildman–Crippen MR) is 73.4 cm³/mol. The van der Waals surface area contributed by atoms with Crippen LogP contribution in [0.25, 0.3) is 0 Å². The minimum Gasteiger partial charge on any atom is -0.399 e. The molecule has 108 valence electrons. The van der Waals surface area contributed by atoms with Gasteiger partial charge in [-0.25, -0.2) is 0 Å². The van der Waals surface area contributed by atoms with Gasteiger partial charge < -0.3 is 15.4 Å². The van der Waals surface area contributed by atoms with Gasteiger partial charge in [0.1, 0.15) is 5.56 Å². The quantitative estimate of drug-likeness (QED) is 0.501. The van der Waals surface area contributed by atoms with Crippen molar-refractivity contribution in [3.63, 3.8) is 0 Å². The van der Waals surface area contributed by atoms with E-state index in [9.17, 15) is 14.9 Å². The number of rotatable bonds is 2. The number of anilines is 1. The van der Waals surface area contributed by atoms with E-state index >= 15 is 0 Å². The molecule has 0 aliphatic carbocycles. The number of carbonyl (C=O) groups excluding carboxylic acids is 1. The molecule has 1 amide bonds. The van der Waals surface area contributed by atoms with Gasteiger partial charge >= 0.3 is 0 Å². The molecule has 7 nitrogen and oxygen atoms in total. The number of hydrogen-bond donors (Lipinski definition) is 1. The summed E-state index contributed by atoms with van der Waals surface area (Å²) >= 11 is 0. The number of nitro groups is 1. The van der Waals surface area contributed by atoms with Crippen molar-refractivity contribution in [1.82, 2.24) is 4.90 Å². The maximum atomic E-state index is 12.6. The van der Waals surface area contributed by atoms with Crippen LogP contribution in [0.3, 0.4) is 0 Å². The van der Waals surface area contributed by atoms with Crippen molar-refractivity contribution < 1.29 is 14.5 Å². The molecule has 0 radical (unpaired) electrons. The highest BCUT2D eigenvalue weighted by molar-refractivity contribution is 5.99. The number of carbonyl (C=O) groups is 1. The Morgan fingerprint density at radius 2 is 2.20 bits per heavy atom. The predicted octanol–water partition coefficient (Wildman–Crippen LogP) is 1.43. The molecule has 1 aliphatic rings. The van der Waals surface area contributed by atoms with Crippen molar-refractivity contribution in [2.75, 3.05) is 25.5 Å². The van der Waals surface area contributed by atoms with Gasteiger partial charge in [-0.05, 0) is 26.0 Å². The van der Waals surface area contributed by atoms with Gasteiger partial charge in [0.05, 0.1) is 23.7 Å². The third-order valence-electron chi connectivity index (χ3n) is 3.34. The van der Waals surface area contributed by atoms with E-state index in [1.807, 2.05) is 13.8 Å². The topological polar surface area (TPSA) is 98.7 Å². The SMILES string of the molecule is CC1(C)COCCN1C(=O)c1cc(N)ccc1[N+](=O)[O-]. The normalized spacial score (nSPS) is 17.8. The van der Waals surface area contributed by atoms with Crippen molar-refractivity contribution in [3.05, 3.63) is 33.9 Å². The molecule has 2 rings (SSSR count). The zero-order valence-electron chi connectivity index (χ0n) is 11.5. The number of morpholine rings is 1. The molecule has 7 heteroatoms. The van der Waals surface area contributed by atoms with Gasteiger partial charge in [0.25, 0.3) is 11.6 Å². The second-order valence-electron chi connectivity index (χ2n) is 5.36. The Bertz CT molecular complexity index is 557. The van der Waals surface area contributed by atoms with Crippen molar-refractivity contribution in [2.24, 2.45) is 0 Å². The fourth-order valence-corrected chi connectivity index (χ4v) is 2.26. The third-order valence-corrected chi connectivity index (χ3v) is 3.34. The molecule has 1 aliphatic heterocycles. The lowest BCUT2D eigenvalue weighted by molar-refractivity contribution is -0.385. The van der Waals surface area contributed by atoms with Crippen molar-refractivity contribution >= 4 is 17.3 Å². The zero-order chi connectivity index (χ0) is 14.9. The van der Waals surface area contributed by atoms with Crippen LogP contribution < -0.4 is 5.73 Å². The van der Waals surface area contributed by atoms with Gasteiger partial charge in [0, 0.05) is 18.3 Å². The molecule has 1 saturated heterocycles. The molecular formula is C13H17N3O4. The van der Waals surface area contributed by atoms with Crippen molar-refractivity contribution in [2.45, 2.75) is 19.4 Å². The first-order chi connectivity index (χ1) is 9.33. The number of ether oxygens (including phenoxy) is 1. The van der Waals surface area contributed by atoms with E-state index in [1.165, 1.54) is 18.2 Å². The second-order valence-corrected chi connectivity index (χ2v) is 5.36. The fourth-order valence-electron chi connectivity index (χ4n) is 2.26. The molecule has 0 spiro atoms. The average molecular weight is 279 g/mol. The summed E-state index contributed by atoms with van der Waals surface area (Å²) in [5.41, 5.74) is 5.25. The maximum absolute atomic E-state index is 12.6. The third kappa shape index (κ3) is 2.57. The van der Waals surface area contributed by atoms with Crippen molar-refractivity contribution in [1.29, 1.82) is 0 Å². The molecule has 0 aromatic heterocycles. The Hall–Kier alpha value is -2.15. The summed E-state index contributed by atoms with van der Waals surface area (Å²) in [6.07, 6.45) is 0. The highest BCUT2D eigenvalue weighted by Crippen LogP contribution is 2.27. The van der Waals surface area contributed by atoms with E-state index in [2.05, 4.69) is 0 Å². The van der Waals surface area contributed by atoms with Crippen molar-refractivity contribution in [3.8, 4) is 0 Å². The number of nitrogens with two attached hydrogens (primary N) is 1. The Labute approximate surface area is 116 Å². The van der Waals surface area contributed by atoms with Gasteiger partial charge in [-0.15, -0.1) is 0 Å². The lowest BCUT2D eigenvalue weighted by Gasteiger charge is -2.42. The standard InChI is InChI=1S/C13H17N3O4/c1-13(2)8-20-6-5-15(13)12(17)10-7-9(14)3-4-11(10)16(18)19/h3-4,7H,5-6,8,14H2,1-2H3. The number of amides is 1. The van der Waals surface area contributed by atoms with Crippen LogP contribution in [0.4, 0.5) is 11.4 Å². The molecule has 0 saturated carbocycles. The summed E-state index contributed by atoms with van der Waals surface area (Å²) in [5.74, 6) is -0.391. The van der Waals surface area contributed by atoms with Crippen LogP contribution >= 0.6 is 0 Å². The van der Waals surface area contributed by atoms with Gasteiger partial charge in [-0.1, -0.05) is 0 Å². The van der Waals surface area contributed by atoms with Crippen LogP contribution in [-0.4, -0.2) is 41.0 Å². The summed E-state index contributed by atoms with van der Waals surface area (Å²) in [7, 11) is 0. The number of nitrogen functional groups attached to an aromatic ring is 1. The molecule has 0 bridgehead atoms. The first kappa shape index (κ1) is 14.3. The van der Waals surface area contributed by atoms with Gasteiger partial charge in [0.15, 0.2) is 0 Å². The number of hydrogen-bond acceptors (Lipinski definition) is 5. The van der Waals surface area contributed by atoms with Gasteiger partial charge in [-0.2, -0.15) is 0 Å². The average Bonchev–Trinajstić information content (AvgIpc) is 2.37. The maximum Gasteiger partial charge on any atom is 0.282 e. The monoisotopic (exact) mass is 279 g/mol. The smallest absolute Gasteiger partial charge is 0.282 e. The molecular weight excluding hydrogens is 262 g/mol. The summed E-state index contributed by atoms with van der Waals surface area (Å²) < 4.78 is 5.35. The van der Waals surface area contributed by atoms with E-state index in [4.69, 9.17) is 10.5 Å². The molecule has 2 N–H and O–H groups in total. The lowest BCUT2D eigenvalue weighted by atomic mass is 10.00. The lowest BCUT2D eigenvalue weighted by Crippen LogP contribution is -2.55. The van der Waals surface area contributed by atoms with Gasteiger partial charge in [0.2, 0.25) is 0 Å². The van der Waals surface area contributed by atoms with Crippen LogP contribution in [0.1, 0.15) is 24.2 Å². The van der Waals surface area contributed by atoms with Crippen LogP contribution in [0.15, 0.2) is 18.2 Å². The molecule has 20 heavy (non-hydrogen) atoms. The first-order valence-corrected chi connectivity index (χ1v) is 6.26. The molecule has 1 fully saturated rings. The largest absolute Gasteiger partial charge is 0.399 e. The van der Waals surface area contributed by atoms with E-state index in [0.29, 0.717) is 25.4 Å². The summed E-state index contributed by atoms with van der Waals surface area (Å²) in [6.45, 7) is 4.95. The van der Waals surface area contributed by atoms with Crippen LogP contribution in [-0.2, 0) is 4.74 Å². The first-order valence-electron chi connectivity index (χ1n) is 6.26. The summed E-state index contributed by atoms with van der Waals surface area (Å²) in [5, 5.41) is 11.1. The van der Waals surface area contributed by atoms with E-state index in [0.717, 1.165) is 0 Å². The molecule has 1 aromatic carbocycles. The minimum atomic E-state index is -0.569. The summed E-state index contributed by atoms with van der Waals surface area (Å²) in [6, 6.07) is 4.03. The highest BCUT2D eigenvalue weighted by atomic mass is 16.6. The van der Waals surface area contributed by atoms with Crippen LogP contribution in [0, 0.1) is 10.1 Å². The minimum absolute atomic E-state index is 0.0185. The Morgan fingerprint density at radius 3 is 2.80 bits per heavy atom. The molecule has 1 heterocycles. The molecule has 1 aromatic rings. The van der Waals surface area contributed by atoms with Gasteiger partial charge in [-0.3, -0.25) is 14.9 Å². The van der Waals surface area contributed by atoms with E-state index in [-0.39, 0.29) is 11.3 Å². The fraction of sp³-hybridized carbons (Fsp3) is 0.462.